The van der Waals surface area contributed by atoms with Crippen LogP contribution < -0.4 is 15.0 Å². The van der Waals surface area contributed by atoms with E-state index in [1.165, 1.54) is 0 Å². The number of rotatable bonds is 7. The minimum Gasteiger partial charge on any atom is -0.478 e. The van der Waals surface area contributed by atoms with Crippen molar-refractivity contribution in [3.8, 4) is 5.75 Å². The molecule has 5 rings (SSSR count). The Morgan fingerprint density at radius 3 is 2.28 bits per heavy atom. The molecule has 1 amide bonds. The number of fused-ring (bicyclic) bond motifs is 1. The van der Waals surface area contributed by atoms with E-state index in [1.807, 2.05) is 67.6 Å². The molecule has 2 N–H and O–H groups in total. The number of carbonyl (C=O) groups excluding carboxylic acids is 1. The van der Waals surface area contributed by atoms with Gasteiger partial charge in [0.15, 0.2) is 0 Å². The van der Waals surface area contributed by atoms with E-state index in [4.69, 9.17) is 27.9 Å². The lowest BCUT2D eigenvalue weighted by Gasteiger charge is -2.40. The number of aryl methyl sites for hydroxylation is 1. The van der Waals surface area contributed by atoms with Gasteiger partial charge in [0.2, 0.25) is 12.0 Å². The smallest absolute Gasteiger partial charge is 0.347 e. The molecule has 0 fully saturated rings. The number of carbonyl (C=O) groups is 2. The average Bonchev–Trinajstić information content (AvgIpc) is 3.05. The van der Waals surface area contributed by atoms with Crippen LogP contribution in [0.2, 0.25) is 10.0 Å². The first-order valence-corrected chi connectivity index (χ1v) is 13.2. The number of hydrogen-bond acceptors (Lipinski definition) is 4. The van der Waals surface area contributed by atoms with Gasteiger partial charge in [-0.1, -0.05) is 96.0 Å². The molecule has 0 bridgehead atoms. The fourth-order valence-corrected chi connectivity index (χ4v) is 5.60. The van der Waals surface area contributed by atoms with E-state index in [0.717, 1.165) is 5.56 Å². The second kappa shape index (κ2) is 11.1. The predicted molar refractivity (Wildman–Crippen MR) is 153 cm³/mol. The largest absolute Gasteiger partial charge is 0.478 e. The van der Waals surface area contributed by atoms with Crippen LogP contribution in [-0.4, -0.2) is 29.6 Å². The molecule has 4 aromatic rings. The summed E-state index contributed by atoms with van der Waals surface area (Å²) < 4.78 is 6.31. The van der Waals surface area contributed by atoms with E-state index >= 15 is 0 Å². The second-order valence-corrected chi connectivity index (χ2v) is 10.1. The van der Waals surface area contributed by atoms with Crippen molar-refractivity contribution in [2.45, 2.75) is 25.1 Å². The van der Waals surface area contributed by atoms with Crippen LogP contribution >= 0.6 is 23.2 Å². The molecule has 6 nitrogen and oxygen atoms in total. The summed E-state index contributed by atoms with van der Waals surface area (Å²) >= 11 is 13.0. The summed E-state index contributed by atoms with van der Waals surface area (Å²) in [5.41, 5.74) is 1.71. The summed E-state index contributed by atoms with van der Waals surface area (Å²) in [5, 5.41) is 14.9. The number of halogens is 2. The fraction of sp³-hybridized carbons (Fsp3) is 0.161. The molecule has 4 aromatic carbocycles. The molecule has 0 unspecified atom stereocenters. The number of ether oxygens (including phenoxy) is 1. The number of hydrogen-bond donors (Lipinski definition) is 2. The van der Waals surface area contributed by atoms with E-state index in [0.29, 0.717) is 38.2 Å². The number of aliphatic carboxylic acids is 1. The Balaban J connectivity index is 1.74. The Kier molecular flexibility index (Phi) is 7.62. The lowest BCUT2D eigenvalue weighted by molar-refractivity contribution is -0.149. The lowest BCUT2D eigenvalue weighted by Crippen LogP contribution is -2.58. The van der Waals surface area contributed by atoms with Crippen LogP contribution in [0.15, 0.2) is 97.1 Å². The van der Waals surface area contributed by atoms with Gasteiger partial charge in [-0.15, -0.1) is 0 Å². The average molecular weight is 561 g/mol. The quantitative estimate of drug-likeness (QED) is 0.281. The van der Waals surface area contributed by atoms with Gasteiger partial charge < -0.3 is 14.7 Å². The minimum absolute atomic E-state index is 0.108. The van der Waals surface area contributed by atoms with Crippen molar-refractivity contribution < 1.29 is 19.4 Å². The van der Waals surface area contributed by atoms with Crippen molar-refractivity contribution in [2.75, 3.05) is 11.4 Å². The lowest BCUT2D eigenvalue weighted by atomic mass is 9.77. The maximum atomic E-state index is 13.7. The maximum Gasteiger partial charge on any atom is 0.347 e. The Morgan fingerprint density at radius 2 is 1.59 bits per heavy atom. The van der Waals surface area contributed by atoms with Gasteiger partial charge in [-0.2, -0.15) is 0 Å². The topological polar surface area (TPSA) is 78.9 Å². The molecule has 0 spiro atoms. The molecular weight excluding hydrogens is 535 g/mol. The summed E-state index contributed by atoms with van der Waals surface area (Å²) in [7, 11) is 0. The third kappa shape index (κ3) is 4.99. The van der Waals surface area contributed by atoms with Crippen molar-refractivity contribution in [3.05, 3.63) is 129 Å². The molecule has 1 aliphatic rings. The predicted octanol–water partition coefficient (Wildman–Crippen LogP) is 6.21. The van der Waals surface area contributed by atoms with Crippen LogP contribution in [0.25, 0.3) is 0 Å². The number of benzene rings is 4. The Bertz CT molecular complexity index is 1510. The molecule has 0 saturated carbocycles. The fourth-order valence-electron chi connectivity index (χ4n) is 5.08. The number of para-hydroxylation sites is 2. The van der Waals surface area contributed by atoms with E-state index in [2.05, 4.69) is 5.32 Å². The van der Waals surface area contributed by atoms with Crippen LogP contribution in [0.4, 0.5) is 5.69 Å². The summed E-state index contributed by atoms with van der Waals surface area (Å²) in [4.78, 5) is 28.4. The zero-order valence-corrected chi connectivity index (χ0v) is 22.6. The van der Waals surface area contributed by atoms with E-state index < -0.39 is 17.6 Å². The maximum absolute atomic E-state index is 13.7. The van der Waals surface area contributed by atoms with Crippen LogP contribution in [-0.2, 0) is 21.7 Å². The van der Waals surface area contributed by atoms with Crippen molar-refractivity contribution >= 4 is 40.8 Å². The normalized spacial score (nSPS) is 17.7. The first kappa shape index (κ1) is 26.8. The van der Waals surface area contributed by atoms with Crippen LogP contribution in [0.5, 0.6) is 5.75 Å². The van der Waals surface area contributed by atoms with Crippen LogP contribution in [0, 0.1) is 6.92 Å². The zero-order chi connectivity index (χ0) is 27.6. The number of amides is 1. The first-order chi connectivity index (χ1) is 18.8. The first-order valence-electron chi connectivity index (χ1n) is 12.4. The molecule has 0 aromatic heterocycles. The summed E-state index contributed by atoms with van der Waals surface area (Å²) in [6, 6.07) is 28.9. The SMILES string of the molecule is Cc1ccccc1O[C@H](C(=O)O)[C@@]1(c2ccccc2)NCC(=O)N(Cc2c(Cl)cccc2Cl)c2ccccc21. The van der Waals surface area contributed by atoms with Gasteiger partial charge in [0.05, 0.1) is 13.1 Å². The standard InChI is InChI=1S/C31H26Cl2N2O4/c1-20-10-5-8-17-27(20)39-29(30(37)38)31(21-11-3-2-4-12-21)23-13-6-7-16-26(23)35(28(36)18-34-31)19-22-24(32)14-9-15-25(22)33/h2-17,29,34H,18-19H2,1H3,(H,37,38)/t29-,31+/m1/s1. The summed E-state index contributed by atoms with van der Waals surface area (Å²) in [5.74, 6) is -1.01. The third-order valence-electron chi connectivity index (χ3n) is 7.00. The Morgan fingerprint density at radius 1 is 0.949 bits per heavy atom. The van der Waals surface area contributed by atoms with Gasteiger partial charge in [-0.3, -0.25) is 10.1 Å². The van der Waals surface area contributed by atoms with E-state index in [-0.39, 0.29) is 19.0 Å². The Labute approximate surface area is 236 Å². The highest BCUT2D eigenvalue weighted by Gasteiger charge is 2.51. The molecule has 0 aliphatic carbocycles. The monoisotopic (exact) mass is 560 g/mol. The highest BCUT2D eigenvalue weighted by molar-refractivity contribution is 6.36. The number of anilines is 1. The molecule has 0 radical (unpaired) electrons. The summed E-state index contributed by atoms with van der Waals surface area (Å²) in [6.45, 7) is 1.81. The van der Waals surface area contributed by atoms with E-state index in [9.17, 15) is 14.7 Å². The highest BCUT2D eigenvalue weighted by atomic mass is 35.5. The summed E-state index contributed by atoms with van der Waals surface area (Å²) in [6.07, 6.45) is -1.43. The molecule has 1 heterocycles. The van der Waals surface area contributed by atoms with Gasteiger partial charge >= 0.3 is 5.97 Å². The van der Waals surface area contributed by atoms with Gasteiger partial charge in [-0.05, 0) is 42.3 Å². The van der Waals surface area contributed by atoms with Gasteiger partial charge in [0.25, 0.3) is 0 Å². The molecule has 2 atom stereocenters. The van der Waals surface area contributed by atoms with Gasteiger partial charge in [0.1, 0.15) is 11.3 Å². The van der Waals surface area contributed by atoms with Crippen LogP contribution in [0.3, 0.4) is 0 Å². The molecule has 0 saturated heterocycles. The van der Waals surface area contributed by atoms with Gasteiger partial charge in [-0.25, -0.2) is 4.79 Å². The number of nitrogens with one attached hydrogen (secondary N) is 1. The van der Waals surface area contributed by atoms with E-state index in [1.54, 1.807) is 41.3 Å². The second-order valence-electron chi connectivity index (χ2n) is 9.33. The van der Waals surface area contributed by atoms with Crippen molar-refractivity contribution in [2.24, 2.45) is 0 Å². The molecule has 39 heavy (non-hydrogen) atoms. The van der Waals surface area contributed by atoms with Crippen molar-refractivity contribution in [1.82, 2.24) is 5.32 Å². The number of carboxylic acid groups (broad SMARTS) is 1. The number of carboxylic acids is 1. The van der Waals surface area contributed by atoms with Gasteiger partial charge in [0, 0.05) is 26.9 Å². The Hall–Kier alpha value is -3.84. The highest BCUT2D eigenvalue weighted by Crippen LogP contribution is 2.43. The zero-order valence-electron chi connectivity index (χ0n) is 21.1. The van der Waals surface area contributed by atoms with Crippen molar-refractivity contribution in [1.29, 1.82) is 0 Å². The van der Waals surface area contributed by atoms with Crippen LogP contribution in [0.1, 0.15) is 22.3 Å². The van der Waals surface area contributed by atoms with Crippen molar-refractivity contribution in [3.63, 3.8) is 0 Å². The number of nitrogens with zero attached hydrogens (tertiary/aromatic N) is 1. The molecule has 1 aliphatic heterocycles. The molecule has 8 heteroatoms. The molecule has 198 valence electrons. The molecular formula is C31H26Cl2N2O4. The third-order valence-corrected chi connectivity index (χ3v) is 7.71. The minimum atomic E-state index is -1.43.